The molecule has 2 saturated heterocycles. The first kappa shape index (κ1) is 24.4. The Morgan fingerprint density at radius 1 is 0.794 bits per heavy atom. The minimum absolute atomic E-state index is 0.126. The normalized spacial score (nSPS) is 17.5. The van der Waals surface area contributed by atoms with Gasteiger partial charge in [-0.05, 0) is 42.7 Å². The minimum atomic E-state index is -3.59. The number of amides is 2. The minimum Gasteiger partial charge on any atom is -0.379 e. The first-order chi connectivity index (χ1) is 16.4. The van der Waals surface area contributed by atoms with Gasteiger partial charge in [0.15, 0.2) is 0 Å². The molecule has 0 spiro atoms. The molecule has 182 valence electrons. The zero-order chi connectivity index (χ0) is 24.0. The Hall–Kier alpha value is -2.75. The van der Waals surface area contributed by atoms with Gasteiger partial charge in [-0.25, -0.2) is 8.42 Å². The molecule has 2 fully saturated rings. The average molecular weight is 486 g/mol. The third-order valence-electron chi connectivity index (χ3n) is 6.33. The lowest BCUT2D eigenvalue weighted by Crippen LogP contribution is -2.50. The van der Waals surface area contributed by atoms with Crippen LogP contribution in [0, 0.1) is 0 Å². The highest BCUT2D eigenvalue weighted by atomic mass is 32.2. The lowest BCUT2D eigenvalue weighted by atomic mass is 10.1. The molecule has 9 heteroatoms. The van der Waals surface area contributed by atoms with Gasteiger partial charge >= 0.3 is 0 Å². The van der Waals surface area contributed by atoms with E-state index >= 15 is 0 Å². The topological polar surface area (TPSA) is 87.2 Å². The molecule has 0 aromatic heterocycles. The van der Waals surface area contributed by atoms with Crippen molar-refractivity contribution in [2.75, 3.05) is 52.5 Å². The summed E-state index contributed by atoms with van der Waals surface area (Å²) in [6.07, 6.45) is 2.19. The van der Waals surface area contributed by atoms with Crippen LogP contribution in [-0.4, -0.2) is 86.8 Å². The molecule has 2 amide bonds. The molecule has 0 N–H and O–H groups in total. The highest BCUT2D eigenvalue weighted by Crippen LogP contribution is 2.19. The van der Waals surface area contributed by atoms with Crippen LogP contribution in [0.25, 0.3) is 0 Å². The second-order valence-electron chi connectivity index (χ2n) is 8.55. The molecule has 0 saturated carbocycles. The quantitative estimate of drug-likeness (QED) is 0.599. The molecule has 2 aliphatic rings. The van der Waals surface area contributed by atoms with Crippen LogP contribution in [0.4, 0.5) is 0 Å². The van der Waals surface area contributed by atoms with Crippen LogP contribution in [0.1, 0.15) is 28.8 Å². The average Bonchev–Trinajstić information content (AvgIpc) is 2.89. The van der Waals surface area contributed by atoms with Gasteiger partial charge in [0.05, 0.1) is 18.1 Å². The summed E-state index contributed by atoms with van der Waals surface area (Å²) in [5.41, 5.74) is 1.68. The Labute approximate surface area is 201 Å². The predicted octanol–water partition coefficient (Wildman–Crippen LogP) is 2.01. The van der Waals surface area contributed by atoms with Gasteiger partial charge in [0.25, 0.3) is 5.91 Å². The summed E-state index contributed by atoms with van der Waals surface area (Å²) in [6.45, 7) is 3.40. The molecule has 0 radical (unpaired) electrons. The van der Waals surface area contributed by atoms with Crippen LogP contribution in [0.3, 0.4) is 0 Å². The number of morpholine rings is 1. The van der Waals surface area contributed by atoms with Crippen LogP contribution in [0.5, 0.6) is 0 Å². The zero-order valence-electron chi connectivity index (χ0n) is 19.3. The number of carbonyl (C=O) groups is 2. The molecule has 0 aliphatic carbocycles. The fraction of sp³-hybridized carbons (Fsp3) is 0.440. The molecule has 2 aliphatic heterocycles. The van der Waals surface area contributed by atoms with E-state index in [2.05, 4.69) is 12.1 Å². The molecular weight excluding hydrogens is 454 g/mol. The largest absolute Gasteiger partial charge is 0.379 e. The van der Waals surface area contributed by atoms with Gasteiger partial charge in [0, 0.05) is 51.3 Å². The number of ether oxygens (including phenoxy) is 1. The van der Waals surface area contributed by atoms with Crippen molar-refractivity contribution in [3.05, 3.63) is 65.7 Å². The van der Waals surface area contributed by atoms with E-state index in [1.54, 1.807) is 17.0 Å². The van der Waals surface area contributed by atoms with Gasteiger partial charge in [-0.15, -0.1) is 0 Å². The number of piperazine rings is 1. The van der Waals surface area contributed by atoms with Gasteiger partial charge in [-0.3, -0.25) is 9.59 Å². The number of hydrogen-bond acceptors (Lipinski definition) is 5. The third-order valence-corrected chi connectivity index (χ3v) is 8.24. The van der Waals surface area contributed by atoms with Crippen molar-refractivity contribution >= 4 is 21.8 Å². The Balaban J connectivity index is 1.26. The van der Waals surface area contributed by atoms with Crippen LogP contribution in [-0.2, 0) is 26.0 Å². The van der Waals surface area contributed by atoms with Gasteiger partial charge in [-0.2, -0.15) is 4.31 Å². The molecule has 34 heavy (non-hydrogen) atoms. The highest BCUT2D eigenvalue weighted by molar-refractivity contribution is 7.89. The molecule has 0 unspecified atom stereocenters. The van der Waals surface area contributed by atoms with Crippen molar-refractivity contribution < 1.29 is 22.7 Å². The summed E-state index contributed by atoms with van der Waals surface area (Å²) < 4.78 is 32.2. The summed E-state index contributed by atoms with van der Waals surface area (Å²) >= 11 is 0. The molecule has 0 atom stereocenters. The van der Waals surface area contributed by atoms with Crippen LogP contribution in [0.2, 0.25) is 0 Å². The third kappa shape index (κ3) is 5.84. The molecule has 8 nitrogen and oxygen atoms in total. The van der Waals surface area contributed by atoms with E-state index in [0.717, 1.165) is 12.8 Å². The van der Waals surface area contributed by atoms with Crippen molar-refractivity contribution in [3.8, 4) is 0 Å². The van der Waals surface area contributed by atoms with Gasteiger partial charge in [0.1, 0.15) is 0 Å². The van der Waals surface area contributed by atoms with Gasteiger partial charge in [-0.1, -0.05) is 30.3 Å². The Bertz CT molecular complexity index is 1080. The van der Waals surface area contributed by atoms with Crippen molar-refractivity contribution in [3.63, 3.8) is 0 Å². The maximum Gasteiger partial charge on any atom is 0.253 e. The van der Waals surface area contributed by atoms with E-state index in [9.17, 15) is 18.0 Å². The lowest BCUT2D eigenvalue weighted by Gasteiger charge is -2.35. The molecule has 0 bridgehead atoms. The molecule has 2 heterocycles. The Morgan fingerprint density at radius 2 is 1.41 bits per heavy atom. The predicted molar refractivity (Wildman–Crippen MR) is 128 cm³/mol. The number of benzene rings is 2. The van der Waals surface area contributed by atoms with E-state index in [1.165, 1.54) is 22.0 Å². The summed E-state index contributed by atoms with van der Waals surface area (Å²) in [7, 11) is -3.59. The highest BCUT2D eigenvalue weighted by Gasteiger charge is 2.28. The fourth-order valence-electron chi connectivity index (χ4n) is 4.29. The Morgan fingerprint density at radius 3 is 2.06 bits per heavy atom. The monoisotopic (exact) mass is 485 g/mol. The standard InChI is InChI=1S/C25H31N3O5S/c29-24(8-4-7-21-5-2-1-3-6-21)26-13-15-27(16-14-26)25(30)22-9-11-23(12-10-22)34(31,32)28-17-19-33-20-18-28/h1-3,5-6,9-12H,4,7-8,13-20H2. The maximum absolute atomic E-state index is 12.9. The molecule has 2 aromatic carbocycles. The number of nitrogens with zero attached hydrogens (tertiary/aromatic N) is 3. The first-order valence-corrected chi connectivity index (χ1v) is 13.2. The lowest BCUT2D eigenvalue weighted by molar-refractivity contribution is -0.132. The summed E-state index contributed by atoms with van der Waals surface area (Å²) in [5, 5.41) is 0. The molecule has 2 aromatic rings. The van der Waals surface area contributed by atoms with Crippen molar-refractivity contribution in [1.29, 1.82) is 0 Å². The van der Waals surface area contributed by atoms with E-state index in [1.807, 2.05) is 23.1 Å². The van der Waals surface area contributed by atoms with E-state index < -0.39 is 10.0 Å². The fourth-order valence-corrected chi connectivity index (χ4v) is 5.70. The first-order valence-electron chi connectivity index (χ1n) is 11.7. The molecule has 4 rings (SSSR count). The SMILES string of the molecule is O=C(CCCc1ccccc1)N1CCN(C(=O)c2ccc(S(=O)(=O)N3CCOCC3)cc2)CC1. The number of carbonyl (C=O) groups excluding carboxylic acids is 2. The summed E-state index contributed by atoms with van der Waals surface area (Å²) in [6, 6.07) is 16.2. The second-order valence-corrected chi connectivity index (χ2v) is 10.5. The Kier molecular flexibility index (Phi) is 7.97. The molecular formula is C25H31N3O5S. The van der Waals surface area contributed by atoms with Crippen molar-refractivity contribution in [2.45, 2.75) is 24.2 Å². The van der Waals surface area contributed by atoms with Crippen LogP contribution >= 0.6 is 0 Å². The second kappa shape index (κ2) is 11.1. The number of hydrogen-bond donors (Lipinski definition) is 0. The van der Waals surface area contributed by atoms with E-state index in [4.69, 9.17) is 4.74 Å². The van der Waals surface area contributed by atoms with Crippen LogP contribution in [0.15, 0.2) is 59.5 Å². The number of rotatable bonds is 7. The van der Waals surface area contributed by atoms with E-state index in [-0.39, 0.29) is 16.7 Å². The van der Waals surface area contributed by atoms with Crippen molar-refractivity contribution in [2.24, 2.45) is 0 Å². The smallest absolute Gasteiger partial charge is 0.253 e. The summed E-state index contributed by atoms with van der Waals surface area (Å²) in [4.78, 5) is 29.2. The summed E-state index contributed by atoms with van der Waals surface area (Å²) in [5.74, 6) is -0.0211. The van der Waals surface area contributed by atoms with Gasteiger partial charge < -0.3 is 14.5 Å². The van der Waals surface area contributed by atoms with E-state index in [0.29, 0.717) is 64.5 Å². The van der Waals surface area contributed by atoms with Crippen molar-refractivity contribution in [1.82, 2.24) is 14.1 Å². The van der Waals surface area contributed by atoms with Crippen LogP contribution < -0.4 is 0 Å². The van der Waals surface area contributed by atoms with Gasteiger partial charge in [0.2, 0.25) is 15.9 Å². The number of sulfonamides is 1. The number of aryl methyl sites for hydroxylation is 1. The zero-order valence-corrected chi connectivity index (χ0v) is 20.1. The maximum atomic E-state index is 12.9.